The Morgan fingerprint density at radius 1 is 0.585 bits per heavy atom. The van der Waals surface area contributed by atoms with Gasteiger partial charge in [0.2, 0.25) is 5.70 Å². The lowest BCUT2D eigenvalue weighted by Crippen LogP contribution is -2.09. The summed E-state index contributed by atoms with van der Waals surface area (Å²) >= 11 is 0. The van der Waals surface area contributed by atoms with Crippen molar-refractivity contribution in [1.29, 1.82) is 21.0 Å². The van der Waals surface area contributed by atoms with Gasteiger partial charge in [0.05, 0.1) is 49.6 Å². The van der Waals surface area contributed by atoms with Crippen LogP contribution in [0.15, 0.2) is 84.9 Å². The molecule has 0 amide bonds. The van der Waals surface area contributed by atoms with E-state index in [4.69, 9.17) is 26.3 Å². The highest BCUT2D eigenvalue weighted by molar-refractivity contribution is 6.35. The molecule has 0 saturated heterocycles. The number of hydrogen-bond acceptors (Lipinski definition) is 5. The Morgan fingerprint density at radius 2 is 1.11 bits per heavy atom. The fourth-order valence-electron chi connectivity index (χ4n) is 8.09. The van der Waals surface area contributed by atoms with Gasteiger partial charge in [-0.05, 0) is 87.8 Å². The molecule has 0 spiro atoms. The largest absolute Gasteiger partial charge is 0.435 e. The van der Waals surface area contributed by atoms with Crippen LogP contribution in [0, 0.1) is 78.5 Å². The highest BCUT2D eigenvalue weighted by atomic mass is 19.3. The molecule has 15 heteroatoms. The Morgan fingerprint density at radius 3 is 1.60 bits per heavy atom. The van der Waals surface area contributed by atoms with Crippen LogP contribution in [-0.4, -0.2) is 6.61 Å². The third-order valence-corrected chi connectivity index (χ3v) is 10.5. The van der Waals surface area contributed by atoms with Gasteiger partial charge in [-0.3, -0.25) is 0 Å². The van der Waals surface area contributed by atoms with Gasteiger partial charge in [-0.1, -0.05) is 54.1 Å². The van der Waals surface area contributed by atoms with E-state index >= 15 is 17.6 Å². The monoisotopic (exact) mass is 862 g/mol. The van der Waals surface area contributed by atoms with Crippen molar-refractivity contribution < 1.29 is 31.1 Å². The Bertz CT molecular complexity index is 3350. The third kappa shape index (κ3) is 7.35. The molecule has 65 heavy (non-hydrogen) atoms. The first-order chi connectivity index (χ1) is 31.3. The molecule has 7 rings (SSSR count). The number of rotatable bonds is 8. The third-order valence-electron chi connectivity index (χ3n) is 10.5. The summed E-state index contributed by atoms with van der Waals surface area (Å²) in [6.07, 6.45) is -7.35. The minimum atomic E-state index is -3.69. The maximum atomic E-state index is 16.7. The molecular weight excluding hydrogens is 843 g/mol. The second-order valence-corrected chi connectivity index (χ2v) is 14.1. The lowest BCUT2D eigenvalue weighted by Gasteiger charge is -2.23. The van der Waals surface area contributed by atoms with Crippen LogP contribution >= 0.6 is 0 Å². The normalized spacial score (nSPS) is 14.0. The number of nitrogens with zero attached hydrogens (tertiary/aromatic N) is 8. The van der Waals surface area contributed by atoms with E-state index in [0.717, 1.165) is 36.4 Å². The molecule has 0 N–H and O–H groups in total. The molecule has 0 aliphatic heterocycles. The summed E-state index contributed by atoms with van der Waals surface area (Å²) < 4.78 is 97.0. The van der Waals surface area contributed by atoms with E-state index in [1.54, 1.807) is 19.1 Å². The van der Waals surface area contributed by atoms with Gasteiger partial charge in [0.25, 0.3) is 12.9 Å². The van der Waals surface area contributed by atoms with Crippen molar-refractivity contribution in [1.82, 2.24) is 0 Å². The van der Waals surface area contributed by atoms with E-state index in [0.29, 0.717) is 5.56 Å². The van der Waals surface area contributed by atoms with Crippen LogP contribution in [-0.2, 0) is 0 Å². The van der Waals surface area contributed by atoms with Crippen LogP contribution in [0.25, 0.3) is 64.2 Å². The van der Waals surface area contributed by atoms with E-state index in [9.17, 15) is 29.8 Å². The van der Waals surface area contributed by atoms with Crippen molar-refractivity contribution in [2.24, 2.45) is 0 Å². The number of allylic oxidation sites excluding steroid dienone is 6. The number of benzene rings is 5. The summed E-state index contributed by atoms with van der Waals surface area (Å²) in [5.41, 5.74) is -9.45. The first-order valence-electron chi connectivity index (χ1n) is 18.6. The lowest BCUT2D eigenvalue weighted by molar-refractivity contribution is -0.0498. The number of ether oxygens (including phenoxy) is 1. The van der Waals surface area contributed by atoms with Gasteiger partial charge in [-0.15, -0.1) is 0 Å². The summed E-state index contributed by atoms with van der Waals surface area (Å²) in [5, 5.41) is 41.8. The van der Waals surface area contributed by atoms with Gasteiger partial charge in [0.15, 0.2) is 17.1 Å². The van der Waals surface area contributed by atoms with E-state index in [-0.39, 0.29) is 56.1 Å². The molecule has 0 fully saturated rings. The minimum absolute atomic E-state index is 0.115. The zero-order valence-corrected chi connectivity index (χ0v) is 33.1. The highest BCUT2D eigenvalue weighted by Gasteiger charge is 2.46. The van der Waals surface area contributed by atoms with Crippen molar-refractivity contribution in [3.05, 3.63) is 203 Å². The Hall–Kier alpha value is -9.64. The summed E-state index contributed by atoms with van der Waals surface area (Å²) in [6, 6.07) is 25.1. The molecule has 0 atom stereocenters. The van der Waals surface area contributed by atoms with Crippen molar-refractivity contribution >= 4 is 56.2 Å². The van der Waals surface area contributed by atoms with Gasteiger partial charge in [-0.2, -0.15) is 29.8 Å². The van der Waals surface area contributed by atoms with Crippen LogP contribution < -0.4 is 4.74 Å². The molecule has 2 aliphatic carbocycles. The van der Waals surface area contributed by atoms with Gasteiger partial charge in [-0.25, -0.2) is 36.9 Å². The summed E-state index contributed by atoms with van der Waals surface area (Å²) in [5.74, 6) is -0.382. The number of aryl methyl sites for hydroxylation is 1. The van der Waals surface area contributed by atoms with Crippen molar-refractivity contribution in [2.45, 2.75) is 26.4 Å². The maximum Gasteiger partial charge on any atom is 0.387 e. The summed E-state index contributed by atoms with van der Waals surface area (Å²) in [7, 11) is 0. The second-order valence-electron chi connectivity index (χ2n) is 14.1. The van der Waals surface area contributed by atoms with E-state index < -0.39 is 92.1 Å². The lowest BCUT2D eigenvalue weighted by atomic mass is 9.81. The van der Waals surface area contributed by atoms with Crippen molar-refractivity contribution in [3.8, 4) is 30.0 Å². The fourth-order valence-corrected chi connectivity index (χ4v) is 8.09. The van der Waals surface area contributed by atoms with Crippen molar-refractivity contribution in [2.75, 3.05) is 0 Å². The van der Waals surface area contributed by atoms with Gasteiger partial charge in [0, 0.05) is 44.5 Å². The predicted molar refractivity (Wildman–Crippen MR) is 227 cm³/mol. The predicted octanol–water partition coefficient (Wildman–Crippen LogP) is 13.8. The van der Waals surface area contributed by atoms with Crippen LogP contribution in [0.5, 0.6) is 5.75 Å². The average molecular weight is 863 g/mol. The molecule has 0 radical (unpaired) electrons. The van der Waals surface area contributed by atoms with Crippen LogP contribution in [0.1, 0.15) is 85.2 Å². The zero-order valence-electron chi connectivity index (χ0n) is 33.1. The Balaban J connectivity index is 1.80. The first-order valence-corrected chi connectivity index (χ1v) is 18.6. The number of alkyl halides is 6. The summed E-state index contributed by atoms with van der Waals surface area (Å²) in [6.45, 7) is 30.7. The van der Waals surface area contributed by atoms with Gasteiger partial charge < -0.3 is 4.74 Å². The highest BCUT2D eigenvalue weighted by Crippen LogP contribution is 2.62. The second kappa shape index (κ2) is 17.4. The smallest absolute Gasteiger partial charge is 0.387 e. The fraction of sp³-hybridized carbons (Fsp3) is 0.0800. The molecule has 0 bridgehead atoms. The quantitative estimate of drug-likeness (QED) is 0.0873. The number of nitriles is 4. The Labute approximate surface area is 366 Å². The van der Waals surface area contributed by atoms with Gasteiger partial charge in [0.1, 0.15) is 17.9 Å². The standard InChI is InChI=1S/C50H20F6N8O/c1-24-6-8-28(9-7-24)37-42(46(63-4)30-15-26(21-58)17-32(19-30)62-3)41-43(47(37)64-5)44(48(51)52)39-35(23-60)36(27-10-12-33(13-11-27)65-50(55)56)38(40(39)45(41)49(53)54)34(22-59)29-14-25(20-57)16-31(18-29)61-2/h6-19,48-50H,1H3/b38-34?,46-42+. The molecule has 0 unspecified atom stereocenters. The molecule has 0 aromatic heterocycles. The molecule has 0 heterocycles. The number of fused-ring (bicyclic) bond motifs is 2. The average Bonchev–Trinajstić information content (AvgIpc) is 3.81. The van der Waals surface area contributed by atoms with Crippen molar-refractivity contribution in [3.63, 3.8) is 0 Å². The molecular formula is C50H20F6N8O. The van der Waals surface area contributed by atoms with Crippen LogP contribution in [0.2, 0.25) is 0 Å². The molecule has 5 aromatic rings. The molecule has 2 aliphatic rings. The van der Waals surface area contributed by atoms with Crippen LogP contribution in [0.3, 0.4) is 0 Å². The topological polar surface area (TPSA) is 122 Å². The molecule has 5 aromatic carbocycles. The van der Waals surface area contributed by atoms with E-state index in [1.807, 2.05) is 24.3 Å². The number of hydrogen-bond donors (Lipinski definition) is 0. The maximum absolute atomic E-state index is 16.7. The van der Waals surface area contributed by atoms with Crippen LogP contribution in [0.4, 0.5) is 37.7 Å². The minimum Gasteiger partial charge on any atom is -0.435 e. The SMILES string of the molecule is [C-]#[N+]C1=C(c2ccc(C)cc2)/C(=C(\[N+]#[C-])c2cc(C#N)cc([N+]#[C-])c2)c2c1c(C(F)F)c1c(c2C(F)F)C(=C(C#N)c2cc(C#N)cc([N+]#[C-])c2)C(c2ccc(OC(F)F)cc2)=C1C#N. The molecule has 9 nitrogen and oxygen atoms in total. The molecule has 308 valence electrons. The first kappa shape index (κ1) is 43.4. The number of halogens is 6. The summed E-state index contributed by atoms with van der Waals surface area (Å²) in [4.78, 5) is 14.1. The Kier molecular flexibility index (Phi) is 11.6. The van der Waals surface area contributed by atoms with E-state index in [1.165, 1.54) is 36.4 Å². The zero-order chi connectivity index (χ0) is 46.9. The van der Waals surface area contributed by atoms with E-state index in [2.05, 4.69) is 24.1 Å². The van der Waals surface area contributed by atoms with Gasteiger partial charge >= 0.3 is 6.61 Å². The molecule has 0 saturated carbocycles.